The second-order valence-electron chi connectivity index (χ2n) is 6.57. The predicted molar refractivity (Wildman–Crippen MR) is 77.1 cm³/mol. The first-order chi connectivity index (χ1) is 9.72. The van der Waals surface area contributed by atoms with Gasteiger partial charge in [-0.1, -0.05) is 6.92 Å². The van der Waals surface area contributed by atoms with E-state index in [2.05, 4.69) is 11.8 Å². The summed E-state index contributed by atoms with van der Waals surface area (Å²) in [6.07, 6.45) is 7.59. The first kappa shape index (κ1) is 13.9. The van der Waals surface area contributed by atoms with Gasteiger partial charge in [0.1, 0.15) is 0 Å². The van der Waals surface area contributed by atoms with Gasteiger partial charge < -0.3 is 9.80 Å². The van der Waals surface area contributed by atoms with Crippen LogP contribution >= 0.6 is 0 Å². The third kappa shape index (κ3) is 2.57. The average molecular weight is 278 g/mol. The van der Waals surface area contributed by atoms with Gasteiger partial charge in [0.2, 0.25) is 11.8 Å². The maximum atomic E-state index is 12.6. The predicted octanol–water partition coefficient (Wildman–Crippen LogP) is 2.04. The van der Waals surface area contributed by atoms with Gasteiger partial charge in [0.15, 0.2) is 0 Å². The highest BCUT2D eigenvalue weighted by Crippen LogP contribution is 2.43. The standard InChI is InChI=1S/C16H26N2O2/c1-2-12-7-3-4-10-18(12)16(20)14-11-13(14)15(19)17-8-5-6-9-17/h12-14H,2-11H2,1H3. The van der Waals surface area contributed by atoms with Crippen LogP contribution in [0.3, 0.4) is 0 Å². The van der Waals surface area contributed by atoms with Crippen LogP contribution in [0.5, 0.6) is 0 Å². The fourth-order valence-electron chi connectivity index (χ4n) is 3.84. The Morgan fingerprint density at radius 3 is 2.30 bits per heavy atom. The largest absolute Gasteiger partial charge is 0.342 e. The highest BCUT2D eigenvalue weighted by Gasteiger charge is 2.51. The Labute approximate surface area is 121 Å². The molecule has 2 aliphatic heterocycles. The van der Waals surface area contributed by atoms with Crippen LogP contribution in [-0.2, 0) is 9.59 Å². The summed E-state index contributed by atoms with van der Waals surface area (Å²) in [6.45, 7) is 4.86. The van der Waals surface area contributed by atoms with E-state index >= 15 is 0 Å². The van der Waals surface area contributed by atoms with Gasteiger partial charge in [-0.05, 0) is 44.9 Å². The summed E-state index contributed by atoms with van der Waals surface area (Å²) in [4.78, 5) is 29.0. The van der Waals surface area contributed by atoms with Crippen LogP contribution in [0.2, 0.25) is 0 Å². The first-order valence-corrected chi connectivity index (χ1v) is 8.31. The summed E-state index contributed by atoms with van der Waals surface area (Å²) < 4.78 is 0. The van der Waals surface area contributed by atoms with Crippen LogP contribution in [0.4, 0.5) is 0 Å². The Morgan fingerprint density at radius 2 is 1.60 bits per heavy atom. The first-order valence-electron chi connectivity index (χ1n) is 8.31. The second kappa shape index (κ2) is 5.74. The Morgan fingerprint density at radius 1 is 0.950 bits per heavy atom. The van der Waals surface area contributed by atoms with Crippen LogP contribution in [0.15, 0.2) is 0 Å². The Hall–Kier alpha value is -1.06. The van der Waals surface area contributed by atoms with E-state index in [1.807, 2.05) is 4.90 Å². The highest BCUT2D eigenvalue weighted by molar-refractivity contribution is 5.92. The lowest BCUT2D eigenvalue weighted by atomic mass is 9.99. The molecule has 20 heavy (non-hydrogen) atoms. The van der Waals surface area contributed by atoms with Crippen molar-refractivity contribution in [3.63, 3.8) is 0 Å². The summed E-state index contributed by atoms with van der Waals surface area (Å²) in [5.41, 5.74) is 0. The quantitative estimate of drug-likeness (QED) is 0.792. The lowest BCUT2D eigenvalue weighted by Gasteiger charge is -2.35. The number of likely N-dealkylation sites (tertiary alicyclic amines) is 2. The van der Waals surface area contributed by atoms with E-state index in [9.17, 15) is 9.59 Å². The molecule has 3 atom stereocenters. The van der Waals surface area contributed by atoms with Crippen LogP contribution in [-0.4, -0.2) is 47.3 Å². The minimum absolute atomic E-state index is 0.0000302. The molecule has 4 heteroatoms. The smallest absolute Gasteiger partial charge is 0.226 e. The molecule has 2 amide bonds. The number of nitrogens with zero attached hydrogens (tertiary/aromatic N) is 2. The molecule has 1 saturated carbocycles. The molecule has 0 aromatic heterocycles. The molecular weight excluding hydrogens is 252 g/mol. The van der Waals surface area contributed by atoms with Crippen molar-refractivity contribution in [2.24, 2.45) is 11.8 Å². The van der Waals surface area contributed by atoms with Crippen LogP contribution < -0.4 is 0 Å². The van der Waals surface area contributed by atoms with E-state index in [4.69, 9.17) is 0 Å². The van der Waals surface area contributed by atoms with Crippen LogP contribution in [0.1, 0.15) is 51.9 Å². The van der Waals surface area contributed by atoms with Crippen molar-refractivity contribution in [1.82, 2.24) is 9.80 Å². The number of rotatable bonds is 3. The lowest BCUT2D eigenvalue weighted by Crippen LogP contribution is -2.44. The Bertz CT molecular complexity index is 390. The van der Waals surface area contributed by atoms with Gasteiger partial charge in [0.05, 0.1) is 11.8 Å². The number of carbonyl (C=O) groups excluding carboxylic acids is 2. The lowest BCUT2D eigenvalue weighted by molar-refractivity contribution is -0.139. The van der Waals surface area contributed by atoms with E-state index in [1.165, 1.54) is 6.42 Å². The zero-order chi connectivity index (χ0) is 14.1. The number of amides is 2. The van der Waals surface area contributed by atoms with Gasteiger partial charge in [-0.15, -0.1) is 0 Å². The zero-order valence-electron chi connectivity index (χ0n) is 12.5. The monoisotopic (exact) mass is 278 g/mol. The molecule has 3 rings (SSSR count). The fraction of sp³-hybridized carbons (Fsp3) is 0.875. The van der Waals surface area contributed by atoms with Crippen molar-refractivity contribution in [3.05, 3.63) is 0 Å². The Kier molecular flexibility index (Phi) is 3.99. The van der Waals surface area contributed by atoms with E-state index < -0.39 is 0 Å². The summed E-state index contributed by atoms with van der Waals surface area (Å²) in [5, 5.41) is 0. The normalized spacial score (nSPS) is 33.4. The minimum Gasteiger partial charge on any atom is -0.342 e. The molecule has 0 aromatic carbocycles. The van der Waals surface area contributed by atoms with Crippen molar-refractivity contribution in [2.75, 3.05) is 19.6 Å². The van der Waals surface area contributed by atoms with Gasteiger partial charge in [0.25, 0.3) is 0 Å². The van der Waals surface area contributed by atoms with E-state index in [0.29, 0.717) is 6.04 Å². The summed E-state index contributed by atoms with van der Waals surface area (Å²) in [7, 11) is 0. The number of piperidine rings is 1. The molecule has 0 N–H and O–H groups in total. The maximum Gasteiger partial charge on any atom is 0.226 e. The molecule has 3 unspecified atom stereocenters. The van der Waals surface area contributed by atoms with Crippen molar-refractivity contribution in [1.29, 1.82) is 0 Å². The van der Waals surface area contributed by atoms with Crippen LogP contribution in [0.25, 0.3) is 0 Å². The summed E-state index contributed by atoms with van der Waals surface area (Å²) in [5.74, 6) is 0.496. The molecule has 3 aliphatic rings. The molecule has 4 nitrogen and oxygen atoms in total. The van der Waals surface area contributed by atoms with Gasteiger partial charge in [-0.25, -0.2) is 0 Å². The maximum absolute atomic E-state index is 12.6. The van der Waals surface area contributed by atoms with Crippen molar-refractivity contribution in [2.45, 2.75) is 57.9 Å². The zero-order valence-corrected chi connectivity index (χ0v) is 12.5. The minimum atomic E-state index is -0.00440. The third-order valence-electron chi connectivity index (χ3n) is 5.22. The molecule has 0 spiro atoms. The molecule has 3 fully saturated rings. The van der Waals surface area contributed by atoms with Gasteiger partial charge >= 0.3 is 0 Å². The molecule has 2 saturated heterocycles. The van der Waals surface area contributed by atoms with E-state index in [0.717, 1.165) is 58.2 Å². The molecule has 0 aromatic rings. The van der Waals surface area contributed by atoms with Crippen molar-refractivity contribution < 1.29 is 9.59 Å². The number of hydrogen-bond acceptors (Lipinski definition) is 2. The molecule has 1 aliphatic carbocycles. The van der Waals surface area contributed by atoms with Crippen molar-refractivity contribution >= 4 is 11.8 Å². The highest BCUT2D eigenvalue weighted by atomic mass is 16.2. The van der Waals surface area contributed by atoms with E-state index in [-0.39, 0.29) is 23.7 Å². The molecule has 0 radical (unpaired) electrons. The van der Waals surface area contributed by atoms with E-state index in [1.54, 1.807) is 0 Å². The van der Waals surface area contributed by atoms with Gasteiger partial charge in [-0.3, -0.25) is 9.59 Å². The number of hydrogen-bond donors (Lipinski definition) is 0. The van der Waals surface area contributed by atoms with Crippen LogP contribution in [0, 0.1) is 11.8 Å². The van der Waals surface area contributed by atoms with Gasteiger partial charge in [0, 0.05) is 25.7 Å². The third-order valence-corrected chi connectivity index (χ3v) is 5.22. The fourth-order valence-corrected chi connectivity index (χ4v) is 3.84. The topological polar surface area (TPSA) is 40.6 Å². The average Bonchev–Trinajstić information content (AvgIpc) is 3.10. The van der Waals surface area contributed by atoms with Crippen molar-refractivity contribution in [3.8, 4) is 0 Å². The molecule has 0 bridgehead atoms. The number of carbonyl (C=O) groups is 2. The summed E-state index contributed by atoms with van der Waals surface area (Å²) in [6, 6.07) is 0.416. The SMILES string of the molecule is CCC1CCCCN1C(=O)C1CC1C(=O)N1CCCC1. The Balaban J connectivity index is 1.57. The second-order valence-corrected chi connectivity index (χ2v) is 6.57. The summed E-state index contributed by atoms with van der Waals surface area (Å²) >= 11 is 0. The molecule has 2 heterocycles. The molecular formula is C16H26N2O2. The van der Waals surface area contributed by atoms with Gasteiger partial charge in [-0.2, -0.15) is 0 Å². The molecule has 112 valence electrons.